The summed E-state index contributed by atoms with van der Waals surface area (Å²) in [5, 5.41) is 12.3. The van der Waals surface area contributed by atoms with Gasteiger partial charge in [-0.15, -0.1) is 0 Å². The van der Waals surface area contributed by atoms with Crippen LogP contribution in [0.25, 0.3) is 27.9 Å². The highest BCUT2D eigenvalue weighted by molar-refractivity contribution is 6.74. The van der Waals surface area contributed by atoms with Crippen LogP contribution < -0.4 is 10.1 Å². The quantitative estimate of drug-likeness (QED) is 0.151. The molecule has 0 saturated carbocycles. The summed E-state index contributed by atoms with van der Waals surface area (Å²) in [5.41, 5.74) is 5.77. The average Bonchev–Trinajstić information content (AvgIpc) is 3.28. The largest absolute Gasteiger partial charge is 0.544 e. The lowest BCUT2D eigenvalue weighted by Crippen LogP contribution is -2.43. The van der Waals surface area contributed by atoms with Gasteiger partial charge in [-0.1, -0.05) is 57.2 Å². The zero-order valence-electron chi connectivity index (χ0n) is 25.1. The lowest BCUT2D eigenvalue weighted by molar-refractivity contribution is 0.442. The summed E-state index contributed by atoms with van der Waals surface area (Å²) in [7, 11) is -1.97. The highest BCUT2D eigenvalue weighted by Gasteiger charge is 2.38. The Morgan fingerprint density at radius 1 is 0.860 bits per heavy atom. The van der Waals surface area contributed by atoms with Gasteiger partial charge in [0, 0.05) is 36.1 Å². The highest BCUT2D eigenvalue weighted by atomic mass is 28.4. The van der Waals surface area contributed by atoms with Crippen LogP contribution in [0, 0.1) is 0 Å². The summed E-state index contributed by atoms with van der Waals surface area (Å²) >= 11 is 0. The second-order valence-electron chi connectivity index (χ2n) is 12.5. The maximum Gasteiger partial charge on any atom is 0.336 e. The van der Waals surface area contributed by atoms with E-state index in [1.807, 2.05) is 60.8 Å². The number of imidazole rings is 1. The lowest BCUT2D eigenvalue weighted by Gasteiger charge is -2.36. The van der Waals surface area contributed by atoms with Crippen LogP contribution in [0.3, 0.4) is 0 Å². The molecule has 3 heterocycles. The zero-order chi connectivity index (χ0) is 30.4. The predicted molar refractivity (Wildman–Crippen MR) is 172 cm³/mol. The first-order chi connectivity index (χ1) is 20.5. The average molecular weight is 590 g/mol. The van der Waals surface area contributed by atoms with Gasteiger partial charge in [0.1, 0.15) is 17.0 Å². The minimum Gasteiger partial charge on any atom is -0.544 e. The monoisotopic (exact) mass is 589 g/mol. The Hall–Kier alpha value is -4.69. The third kappa shape index (κ3) is 5.83. The molecule has 0 aliphatic rings. The van der Waals surface area contributed by atoms with E-state index in [0.717, 1.165) is 39.2 Å². The van der Waals surface area contributed by atoms with Gasteiger partial charge in [0.2, 0.25) is 14.2 Å². The van der Waals surface area contributed by atoms with E-state index in [1.54, 1.807) is 16.5 Å². The standard InChI is InChI=1S/C35H35N3O4Si/c1-35(2,3)43(4,5)42-27-15-12-25(13-16-27)30-22-38-33(28(36-30)20-23-9-7-6-8-10-23)37-29(34(38)40)21-24-11-17-31-26(19-24)14-18-32(39)41-31/h6-19,22,40H,20-21H2,1-5H3. The van der Waals surface area contributed by atoms with Crippen molar-refractivity contribution < 1.29 is 13.9 Å². The Bertz CT molecular complexity index is 1990. The van der Waals surface area contributed by atoms with Crippen molar-refractivity contribution in [2.24, 2.45) is 0 Å². The van der Waals surface area contributed by atoms with Gasteiger partial charge in [-0.2, -0.15) is 0 Å². The van der Waals surface area contributed by atoms with Crippen LogP contribution in [0.5, 0.6) is 11.6 Å². The van der Waals surface area contributed by atoms with Crippen LogP contribution in [-0.2, 0) is 12.8 Å². The fourth-order valence-electron chi connectivity index (χ4n) is 4.88. The molecule has 0 fully saturated rings. The fourth-order valence-corrected chi connectivity index (χ4v) is 5.91. The number of aromatic nitrogens is 3. The molecule has 0 saturated heterocycles. The first kappa shape index (κ1) is 28.4. The molecule has 8 heteroatoms. The van der Waals surface area contributed by atoms with E-state index in [-0.39, 0.29) is 16.5 Å². The zero-order valence-corrected chi connectivity index (χ0v) is 26.1. The van der Waals surface area contributed by atoms with E-state index in [2.05, 4.69) is 46.0 Å². The van der Waals surface area contributed by atoms with Crippen LogP contribution in [0.4, 0.5) is 0 Å². The van der Waals surface area contributed by atoms with E-state index >= 15 is 0 Å². The SMILES string of the molecule is CC(C)(C)[Si](C)(C)Oc1ccc(-c2cn3c(O)c(Cc4ccc5oc(=O)ccc5c4)nc3c(Cc3ccccc3)n2)cc1. The van der Waals surface area contributed by atoms with Gasteiger partial charge in [0.25, 0.3) is 0 Å². The number of aromatic hydroxyl groups is 1. The third-order valence-electron chi connectivity index (χ3n) is 8.32. The van der Waals surface area contributed by atoms with Crippen molar-refractivity contribution >= 4 is 24.9 Å². The second-order valence-corrected chi connectivity index (χ2v) is 17.2. The van der Waals surface area contributed by atoms with E-state index < -0.39 is 8.32 Å². The molecule has 3 aromatic heterocycles. The van der Waals surface area contributed by atoms with Gasteiger partial charge in [-0.25, -0.2) is 14.8 Å². The van der Waals surface area contributed by atoms with Crippen LogP contribution in [0.15, 0.2) is 100 Å². The Morgan fingerprint density at radius 2 is 1.58 bits per heavy atom. The number of hydrogen-bond acceptors (Lipinski definition) is 6. The molecule has 0 bridgehead atoms. The molecule has 0 radical (unpaired) electrons. The summed E-state index contributed by atoms with van der Waals surface area (Å²) in [6.07, 6.45) is 2.81. The van der Waals surface area contributed by atoms with Crippen LogP contribution in [0.2, 0.25) is 18.1 Å². The summed E-state index contributed by atoms with van der Waals surface area (Å²) in [5.74, 6) is 0.925. The molecule has 3 aromatic carbocycles. The summed E-state index contributed by atoms with van der Waals surface area (Å²) in [6.45, 7) is 11.2. The summed E-state index contributed by atoms with van der Waals surface area (Å²) in [4.78, 5) is 21.5. The molecule has 1 N–H and O–H groups in total. The number of fused-ring (bicyclic) bond motifs is 2. The van der Waals surface area contributed by atoms with Crippen molar-refractivity contribution in [3.8, 4) is 22.9 Å². The van der Waals surface area contributed by atoms with Crippen molar-refractivity contribution in [3.05, 3.63) is 124 Å². The first-order valence-corrected chi connectivity index (χ1v) is 17.3. The van der Waals surface area contributed by atoms with Gasteiger partial charge >= 0.3 is 5.63 Å². The number of benzene rings is 3. The normalized spacial score (nSPS) is 12.2. The van der Waals surface area contributed by atoms with Crippen molar-refractivity contribution in [2.75, 3.05) is 0 Å². The molecule has 6 rings (SSSR count). The molecule has 0 unspecified atom stereocenters. The van der Waals surface area contributed by atoms with Gasteiger partial charge in [0.05, 0.1) is 11.4 Å². The van der Waals surface area contributed by atoms with Crippen molar-refractivity contribution in [3.63, 3.8) is 0 Å². The number of rotatable bonds is 7. The highest BCUT2D eigenvalue weighted by Crippen LogP contribution is 2.38. The first-order valence-electron chi connectivity index (χ1n) is 14.4. The molecular weight excluding hydrogens is 554 g/mol. The van der Waals surface area contributed by atoms with Gasteiger partial charge in [-0.05, 0) is 71.7 Å². The maximum absolute atomic E-state index is 11.6. The lowest BCUT2D eigenvalue weighted by atomic mass is 10.1. The predicted octanol–water partition coefficient (Wildman–Crippen LogP) is 7.77. The van der Waals surface area contributed by atoms with E-state index in [0.29, 0.717) is 29.8 Å². The van der Waals surface area contributed by atoms with E-state index in [4.69, 9.17) is 18.8 Å². The van der Waals surface area contributed by atoms with E-state index in [9.17, 15) is 9.90 Å². The minimum absolute atomic E-state index is 0.0746. The molecule has 0 atom stereocenters. The molecule has 0 aliphatic heterocycles. The molecule has 218 valence electrons. The summed E-state index contributed by atoms with van der Waals surface area (Å²) in [6, 6.07) is 26.9. The molecule has 0 aliphatic carbocycles. The van der Waals surface area contributed by atoms with Gasteiger partial charge in [-0.3, -0.25) is 4.40 Å². The Kier molecular flexibility index (Phi) is 7.18. The fraction of sp³-hybridized carbons (Fsp3) is 0.229. The van der Waals surface area contributed by atoms with E-state index in [1.165, 1.54) is 6.07 Å². The molecule has 0 amide bonds. The second kappa shape index (κ2) is 10.9. The third-order valence-corrected chi connectivity index (χ3v) is 12.7. The molecule has 6 aromatic rings. The summed E-state index contributed by atoms with van der Waals surface area (Å²) < 4.78 is 13.5. The smallest absolute Gasteiger partial charge is 0.336 e. The molecule has 43 heavy (non-hydrogen) atoms. The van der Waals surface area contributed by atoms with Crippen LogP contribution in [0.1, 0.15) is 43.3 Å². The number of hydrogen-bond donors (Lipinski definition) is 1. The van der Waals surface area contributed by atoms with Gasteiger partial charge in [0.15, 0.2) is 5.65 Å². The Labute approximate surface area is 251 Å². The molecular formula is C35H35N3O4Si. The Balaban J connectivity index is 1.39. The van der Waals surface area contributed by atoms with Gasteiger partial charge < -0.3 is 13.9 Å². The van der Waals surface area contributed by atoms with Crippen LogP contribution in [-0.4, -0.2) is 27.8 Å². The maximum atomic E-state index is 11.6. The van der Waals surface area contributed by atoms with Crippen molar-refractivity contribution in [1.82, 2.24) is 14.4 Å². The van der Waals surface area contributed by atoms with Crippen molar-refractivity contribution in [2.45, 2.75) is 51.7 Å². The topological polar surface area (TPSA) is 89.9 Å². The van der Waals surface area contributed by atoms with Crippen molar-refractivity contribution in [1.29, 1.82) is 0 Å². The number of nitrogens with zero attached hydrogens (tertiary/aromatic N) is 3. The Morgan fingerprint density at radius 3 is 2.30 bits per heavy atom. The molecule has 7 nitrogen and oxygen atoms in total. The minimum atomic E-state index is -1.97. The van der Waals surface area contributed by atoms with Crippen LogP contribution >= 0.6 is 0 Å². The molecule has 0 spiro atoms.